The van der Waals surface area contributed by atoms with Crippen LogP contribution in [0.1, 0.15) is 19.8 Å². The minimum Gasteiger partial charge on any atom is -0.444 e. The van der Waals surface area contributed by atoms with Crippen LogP contribution in [0.5, 0.6) is 0 Å². The van der Waals surface area contributed by atoms with Gasteiger partial charge in [0.2, 0.25) is 0 Å². The zero-order valence-electron chi connectivity index (χ0n) is 17.6. The van der Waals surface area contributed by atoms with E-state index in [9.17, 15) is 18.8 Å². The maximum absolute atomic E-state index is 14.9. The molecule has 1 atom stereocenters. The van der Waals surface area contributed by atoms with Crippen LogP contribution in [0.4, 0.5) is 25.4 Å². The molecule has 1 aromatic rings. The molecule has 2 fully saturated rings. The molecule has 0 radical (unpaired) electrons. The Bertz CT molecular complexity index is 818. The number of ketones is 1. The van der Waals surface area contributed by atoms with Gasteiger partial charge in [0.15, 0.2) is 0 Å². The first kappa shape index (κ1) is 21.8. The van der Waals surface area contributed by atoms with Crippen molar-refractivity contribution in [3.05, 3.63) is 24.0 Å². The van der Waals surface area contributed by atoms with E-state index in [1.807, 2.05) is 4.90 Å². The number of carbonyl (C=O) groups excluding carboxylic acids is 3. The van der Waals surface area contributed by atoms with Crippen molar-refractivity contribution in [3.8, 4) is 0 Å². The molecule has 2 heterocycles. The molecule has 3 amide bonds. The van der Waals surface area contributed by atoms with Gasteiger partial charge < -0.3 is 19.3 Å². The van der Waals surface area contributed by atoms with Crippen LogP contribution in [0.15, 0.2) is 18.2 Å². The third kappa shape index (κ3) is 4.99. The van der Waals surface area contributed by atoms with Gasteiger partial charge in [-0.1, -0.05) is 0 Å². The number of amides is 3. The molecule has 0 aromatic heterocycles. The largest absolute Gasteiger partial charge is 0.444 e. The summed E-state index contributed by atoms with van der Waals surface area (Å²) in [6.45, 7) is 3.70. The summed E-state index contributed by atoms with van der Waals surface area (Å²) < 4.78 is 20.2. The molecule has 2 aliphatic rings. The lowest BCUT2D eigenvalue weighted by molar-refractivity contribution is -0.117. The second-order valence-corrected chi connectivity index (χ2v) is 7.72. The van der Waals surface area contributed by atoms with E-state index in [4.69, 9.17) is 4.74 Å². The normalized spacial score (nSPS) is 19.5. The van der Waals surface area contributed by atoms with Crippen molar-refractivity contribution in [3.63, 3.8) is 0 Å². The third-order valence-corrected chi connectivity index (χ3v) is 5.17. The number of rotatable bonds is 5. The number of hydrogen-bond acceptors (Lipinski definition) is 6. The fraction of sp³-hybridized carbons (Fsp3) is 0.550. The quantitative estimate of drug-likeness (QED) is 0.781. The maximum Gasteiger partial charge on any atom is 0.414 e. The van der Waals surface area contributed by atoms with Crippen molar-refractivity contribution >= 4 is 29.3 Å². The summed E-state index contributed by atoms with van der Waals surface area (Å²) >= 11 is 0. The highest BCUT2D eigenvalue weighted by molar-refractivity contribution is 5.90. The number of carbonyl (C=O) groups is 3. The molecule has 2 aliphatic heterocycles. The van der Waals surface area contributed by atoms with E-state index in [1.54, 1.807) is 26.2 Å². The highest BCUT2D eigenvalue weighted by atomic mass is 19.1. The van der Waals surface area contributed by atoms with Crippen LogP contribution in [0.25, 0.3) is 0 Å². The smallest absolute Gasteiger partial charge is 0.414 e. The predicted molar refractivity (Wildman–Crippen MR) is 110 cm³/mol. The average Bonchev–Trinajstić information content (AvgIpc) is 2.91. The number of hydrazine groups is 1. The molecule has 10 heteroatoms. The fourth-order valence-corrected chi connectivity index (χ4v) is 3.54. The third-order valence-electron chi connectivity index (χ3n) is 5.17. The molecular weight excluding hydrogens is 393 g/mol. The summed E-state index contributed by atoms with van der Waals surface area (Å²) in [7, 11) is 3.36. The van der Waals surface area contributed by atoms with Crippen molar-refractivity contribution in [1.29, 1.82) is 0 Å². The lowest BCUT2D eigenvalue weighted by Gasteiger charge is -2.25. The molecule has 30 heavy (non-hydrogen) atoms. The van der Waals surface area contributed by atoms with E-state index >= 15 is 0 Å². The highest BCUT2D eigenvalue weighted by Gasteiger charge is 2.33. The molecular formula is C20H28FN5O4. The molecule has 0 saturated carbocycles. The van der Waals surface area contributed by atoms with Gasteiger partial charge in [0.05, 0.1) is 24.5 Å². The fourth-order valence-electron chi connectivity index (χ4n) is 3.54. The van der Waals surface area contributed by atoms with Gasteiger partial charge in [0.25, 0.3) is 0 Å². The van der Waals surface area contributed by atoms with Gasteiger partial charge in [-0.25, -0.2) is 19.4 Å². The number of benzene rings is 1. The van der Waals surface area contributed by atoms with Crippen molar-refractivity contribution in [1.82, 2.24) is 15.3 Å². The van der Waals surface area contributed by atoms with Crippen LogP contribution in [-0.4, -0.2) is 80.7 Å². The molecule has 0 spiro atoms. The molecule has 0 unspecified atom stereocenters. The monoisotopic (exact) mass is 421 g/mol. The molecule has 2 saturated heterocycles. The van der Waals surface area contributed by atoms with Crippen molar-refractivity contribution < 1.29 is 23.5 Å². The van der Waals surface area contributed by atoms with Crippen molar-refractivity contribution in [2.24, 2.45) is 0 Å². The van der Waals surface area contributed by atoms with Crippen LogP contribution in [-0.2, 0) is 9.53 Å². The Morgan fingerprint density at radius 3 is 2.70 bits per heavy atom. The number of anilines is 2. The Hall–Kier alpha value is -2.88. The van der Waals surface area contributed by atoms with E-state index in [1.165, 1.54) is 27.8 Å². The zero-order chi connectivity index (χ0) is 21.8. The number of urea groups is 1. The van der Waals surface area contributed by atoms with Gasteiger partial charge in [0, 0.05) is 40.2 Å². The Morgan fingerprint density at radius 1 is 1.27 bits per heavy atom. The molecule has 164 valence electrons. The van der Waals surface area contributed by atoms with Gasteiger partial charge in [-0.2, -0.15) is 0 Å². The SMILES string of the molecule is CC(=O)CC[C@H]1CN(c2ccc(N3CCNN(C(=O)N(C)C)CC3)c(F)c2)C(=O)O1. The van der Waals surface area contributed by atoms with Gasteiger partial charge in [-0.3, -0.25) is 9.91 Å². The number of cyclic esters (lactones) is 1. The molecule has 1 N–H and O–H groups in total. The van der Waals surface area contributed by atoms with Gasteiger partial charge in [-0.05, 0) is 31.5 Å². The number of hydrogen-bond donors (Lipinski definition) is 1. The summed E-state index contributed by atoms with van der Waals surface area (Å²) in [5, 5.41) is 1.52. The highest BCUT2D eigenvalue weighted by Crippen LogP contribution is 2.29. The summed E-state index contributed by atoms with van der Waals surface area (Å²) in [4.78, 5) is 40.2. The molecule has 1 aromatic carbocycles. The maximum atomic E-state index is 14.9. The van der Waals surface area contributed by atoms with Gasteiger partial charge >= 0.3 is 12.1 Å². The first-order chi connectivity index (χ1) is 14.3. The standard InChI is InChI=1S/C20H28FN5O4/c1-14(27)4-6-16-13-25(20(29)30-16)15-5-7-18(17(21)12-15)24-9-8-22-26(11-10-24)19(28)23(2)3/h5,7,12,16,22H,4,6,8-11,13H2,1-3H3/t16-/m0/s1. The van der Waals surface area contributed by atoms with Crippen molar-refractivity contribution in [2.75, 3.05) is 56.6 Å². The minimum atomic E-state index is -0.535. The minimum absolute atomic E-state index is 0.0395. The molecule has 3 rings (SSSR count). The molecule has 0 bridgehead atoms. The Balaban J connectivity index is 1.66. The van der Waals surface area contributed by atoms with E-state index < -0.39 is 11.9 Å². The van der Waals surface area contributed by atoms with E-state index in [0.717, 1.165) is 0 Å². The lowest BCUT2D eigenvalue weighted by Crippen LogP contribution is -2.48. The first-order valence-electron chi connectivity index (χ1n) is 10.0. The Morgan fingerprint density at radius 2 is 2.03 bits per heavy atom. The van der Waals surface area contributed by atoms with Crippen molar-refractivity contribution in [2.45, 2.75) is 25.9 Å². The average molecular weight is 421 g/mol. The second kappa shape index (κ2) is 9.29. The van der Waals surface area contributed by atoms with Crippen LogP contribution in [0, 0.1) is 5.82 Å². The Kier molecular flexibility index (Phi) is 6.76. The van der Waals surface area contributed by atoms with Crippen LogP contribution in [0.2, 0.25) is 0 Å². The summed E-state index contributed by atoms with van der Waals surface area (Å²) in [5.41, 5.74) is 3.89. The second-order valence-electron chi connectivity index (χ2n) is 7.72. The van der Waals surface area contributed by atoms with Crippen LogP contribution in [0.3, 0.4) is 0 Å². The summed E-state index contributed by atoms with van der Waals surface area (Å²) in [6.07, 6.45) is -0.107. The molecule has 0 aliphatic carbocycles. The molecule has 9 nitrogen and oxygen atoms in total. The number of nitrogens with zero attached hydrogens (tertiary/aromatic N) is 4. The number of ether oxygens (including phenoxy) is 1. The van der Waals surface area contributed by atoms with Crippen LogP contribution >= 0.6 is 0 Å². The van der Waals surface area contributed by atoms with E-state index in [0.29, 0.717) is 56.9 Å². The topological polar surface area (TPSA) is 85.4 Å². The number of nitrogens with one attached hydrogen (secondary N) is 1. The first-order valence-corrected chi connectivity index (χ1v) is 10.0. The predicted octanol–water partition coefficient (Wildman–Crippen LogP) is 1.83. The van der Waals surface area contributed by atoms with Gasteiger partial charge in [0.1, 0.15) is 17.7 Å². The summed E-state index contributed by atoms with van der Waals surface area (Å²) in [5.74, 6) is -0.405. The number of Topliss-reactive ketones (excluding diaryl/α,β-unsaturated/α-hetero) is 1. The summed E-state index contributed by atoms with van der Waals surface area (Å²) in [6, 6.07) is 4.50. The van der Waals surface area contributed by atoms with E-state index in [-0.39, 0.29) is 17.9 Å². The van der Waals surface area contributed by atoms with Crippen LogP contribution < -0.4 is 15.2 Å². The number of halogens is 1. The lowest BCUT2D eigenvalue weighted by atomic mass is 10.1. The van der Waals surface area contributed by atoms with E-state index in [2.05, 4.69) is 5.43 Å². The zero-order valence-corrected chi connectivity index (χ0v) is 17.6. The van der Waals surface area contributed by atoms with Gasteiger partial charge in [-0.15, -0.1) is 0 Å². The Labute approximate surface area is 175 Å².